The van der Waals surface area contributed by atoms with E-state index in [0.717, 1.165) is 55.9 Å². The minimum Gasteiger partial charge on any atom is -0.385 e. The number of halogens is 2. The molecule has 11 heteroatoms. The lowest BCUT2D eigenvalue weighted by Crippen LogP contribution is -2.45. The maximum Gasteiger partial charge on any atom is 0.191 e. The van der Waals surface area contributed by atoms with E-state index in [4.69, 9.17) is 21.3 Å². The van der Waals surface area contributed by atoms with Gasteiger partial charge < -0.3 is 24.8 Å². The van der Waals surface area contributed by atoms with E-state index in [1.165, 1.54) is 0 Å². The van der Waals surface area contributed by atoms with Crippen LogP contribution >= 0.6 is 35.6 Å². The highest BCUT2D eigenvalue weighted by molar-refractivity contribution is 14.0. The van der Waals surface area contributed by atoms with Crippen LogP contribution in [0.1, 0.15) is 24.5 Å². The Hall–Kier alpha value is -1.66. The Balaban J connectivity index is 0.00000320. The van der Waals surface area contributed by atoms with Gasteiger partial charge in [0.1, 0.15) is 18.2 Å². The molecular formula is C19H30ClIN8O. The van der Waals surface area contributed by atoms with Gasteiger partial charge in [0, 0.05) is 52.6 Å². The van der Waals surface area contributed by atoms with Gasteiger partial charge in [-0.2, -0.15) is 0 Å². The molecule has 0 bridgehead atoms. The third-order valence-electron chi connectivity index (χ3n) is 4.95. The lowest BCUT2D eigenvalue weighted by Gasteiger charge is -2.20. The minimum atomic E-state index is 0. The van der Waals surface area contributed by atoms with Crippen LogP contribution in [0.25, 0.3) is 0 Å². The average molecular weight is 549 g/mol. The van der Waals surface area contributed by atoms with Crippen molar-refractivity contribution in [2.75, 3.05) is 38.3 Å². The van der Waals surface area contributed by atoms with Gasteiger partial charge in [0.25, 0.3) is 0 Å². The van der Waals surface area contributed by atoms with Crippen LogP contribution in [0, 0.1) is 6.92 Å². The second-order valence-corrected chi connectivity index (χ2v) is 7.45. The smallest absolute Gasteiger partial charge is 0.191 e. The maximum absolute atomic E-state index is 6.30. The van der Waals surface area contributed by atoms with E-state index in [2.05, 4.69) is 30.7 Å². The third-order valence-corrected chi connectivity index (χ3v) is 5.24. The summed E-state index contributed by atoms with van der Waals surface area (Å²) in [7, 11) is 3.66. The Morgan fingerprint density at radius 3 is 2.93 bits per heavy atom. The molecule has 0 saturated carbocycles. The molecule has 1 atom stereocenters. The molecule has 1 aliphatic heterocycles. The summed E-state index contributed by atoms with van der Waals surface area (Å²) in [5.41, 5.74) is 0. The van der Waals surface area contributed by atoms with E-state index in [1.807, 2.05) is 30.7 Å². The zero-order valence-corrected chi connectivity index (χ0v) is 20.7. The molecule has 0 aliphatic carbocycles. The Labute approximate surface area is 199 Å². The summed E-state index contributed by atoms with van der Waals surface area (Å²) in [6, 6.07) is 3.97. The number of hydrogen-bond acceptors (Lipinski definition) is 6. The number of rotatable bonds is 8. The van der Waals surface area contributed by atoms with E-state index in [-0.39, 0.29) is 30.0 Å². The average Bonchev–Trinajstić information content (AvgIpc) is 3.31. The first-order valence-electron chi connectivity index (χ1n) is 9.82. The van der Waals surface area contributed by atoms with Gasteiger partial charge in [0.05, 0.1) is 5.02 Å². The number of aromatic nitrogens is 4. The molecule has 2 aromatic rings. The number of hydrogen-bond donors (Lipinski definition) is 2. The second-order valence-electron chi connectivity index (χ2n) is 7.05. The van der Waals surface area contributed by atoms with Crippen LogP contribution < -0.4 is 15.5 Å². The van der Waals surface area contributed by atoms with Gasteiger partial charge in [-0.3, -0.25) is 0 Å². The van der Waals surface area contributed by atoms with Gasteiger partial charge in [-0.1, -0.05) is 11.6 Å². The molecule has 1 saturated heterocycles. The zero-order chi connectivity index (χ0) is 20.6. The van der Waals surface area contributed by atoms with Crippen molar-refractivity contribution in [3.05, 3.63) is 35.0 Å². The molecule has 9 nitrogen and oxygen atoms in total. The van der Waals surface area contributed by atoms with Gasteiger partial charge in [-0.05, 0) is 31.9 Å². The SMILES string of the molecule is COCCCNC(=NCc1nnc(C)n1C)NC1CCN(c2ncccc2Cl)C1.I. The fourth-order valence-electron chi connectivity index (χ4n) is 3.19. The summed E-state index contributed by atoms with van der Waals surface area (Å²) in [5, 5.41) is 15.9. The van der Waals surface area contributed by atoms with Gasteiger partial charge >= 0.3 is 0 Å². The molecule has 1 aliphatic rings. The van der Waals surface area contributed by atoms with Crippen LogP contribution in [0.3, 0.4) is 0 Å². The van der Waals surface area contributed by atoms with Crippen molar-refractivity contribution in [2.24, 2.45) is 12.0 Å². The first-order valence-corrected chi connectivity index (χ1v) is 10.2. The highest BCUT2D eigenvalue weighted by atomic mass is 127. The lowest BCUT2D eigenvalue weighted by molar-refractivity contribution is 0.195. The van der Waals surface area contributed by atoms with Gasteiger partial charge in [0.2, 0.25) is 0 Å². The number of ether oxygens (including phenoxy) is 1. The number of guanidine groups is 1. The van der Waals surface area contributed by atoms with Gasteiger partial charge in [-0.25, -0.2) is 9.98 Å². The number of anilines is 1. The van der Waals surface area contributed by atoms with E-state index in [1.54, 1.807) is 13.3 Å². The van der Waals surface area contributed by atoms with Crippen LogP contribution in [0.15, 0.2) is 23.3 Å². The van der Waals surface area contributed by atoms with Crippen LogP contribution in [0.5, 0.6) is 0 Å². The normalized spacial score (nSPS) is 16.5. The standard InChI is InChI=1S/C19H29ClN8O.HI/c1-14-25-26-17(27(14)2)12-23-19(22-9-5-11-29-3)24-15-7-10-28(13-15)18-16(20)6-4-8-21-18;/h4,6,8,15H,5,7,9-13H2,1-3H3,(H2,22,23,24);1H. The topological polar surface area (TPSA) is 92.5 Å². The number of pyridine rings is 1. The van der Waals surface area contributed by atoms with Crippen molar-refractivity contribution in [1.82, 2.24) is 30.4 Å². The number of aryl methyl sites for hydroxylation is 1. The molecule has 3 heterocycles. The van der Waals surface area contributed by atoms with Crippen LogP contribution in [0.2, 0.25) is 5.02 Å². The van der Waals surface area contributed by atoms with Crippen LogP contribution in [0.4, 0.5) is 5.82 Å². The molecule has 3 rings (SSSR count). The predicted molar refractivity (Wildman–Crippen MR) is 130 cm³/mol. The molecule has 1 unspecified atom stereocenters. The van der Waals surface area contributed by atoms with Crippen LogP contribution in [-0.4, -0.2) is 65.1 Å². The van der Waals surface area contributed by atoms with Crippen molar-refractivity contribution in [2.45, 2.75) is 32.4 Å². The fourth-order valence-corrected chi connectivity index (χ4v) is 3.43. The molecule has 2 aromatic heterocycles. The van der Waals surface area contributed by atoms with Crippen LogP contribution in [-0.2, 0) is 18.3 Å². The Kier molecular flexibility index (Phi) is 10.1. The summed E-state index contributed by atoms with van der Waals surface area (Å²) in [6.07, 6.45) is 3.66. The minimum absolute atomic E-state index is 0. The third kappa shape index (κ3) is 6.67. The predicted octanol–water partition coefficient (Wildman–Crippen LogP) is 2.14. The molecule has 0 spiro atoms. The molecule has 2 N–H and O–H groups in total. The van der Waals surface area contributed by atoms with E-state index in [9.17, 15) is 0 Å². The Morgan fingerprint density at radius 1 is 1.40 bits per heavy atom. The maximum atomic E-state index is 6.30. The number of methoxy groups -OCH3 is 1. The molecule has 0 aromatic carbocycles. The van der Waals surface area contributed by atoms with Crippen molar-refractivity contribution in [3.8, 4) is 0 Å². The largest absolute Gasteiger partial charge is 0.385 e. The lowest BCUT2D eigenvalue weighted by atomic mass is 10.3. The van der Waals surface area contributed by atoms with Gasteiger partial charge in [0.15, 0.2) is 11.8 Å². The first-order chi connectivity index (χ1) is 14.1. The highest BCUT2D eigenvalue weighted by Gasteiger charge is 2.25. The second kappa shape index (κ2) is 12.3. The van der Waals surface area contributed by atoms with E-state index >= 15 is 0 Å². The number of nitrogens with zero attached hydrogens (tertiary/aromatic N) is 6. The van der Waals surface area contributed by atoms with Crippen molar-refractivity contribution >= 4 is 47.4 Å². The zero-order valence-electron chi connectivity index (χ0n) is 17.6. The molecule has 0 amide bonds. The molecule has 30 heavy (non-hydrogen) atoms. The molecule has 0 radical (unpaired) electrons. The fraction of sp³-hybridized carbons (Fsp3) is 0.579. The first kappa shape index (κ1) is 24.6. The van der Waals surface area contributed by atoms with E-state index < -0.39 is 0 Å². The molecule has 1 fully saturated rings. The summed E-state index contributed by atoms with van der Waals surface area (Å²) in [5.74, 6) is 3.30. The van der Waals surface area contributed by atoms with Crippen molar-refractivity contribution in [3.63, 3.8) is 0 Å². The summed E-state index contributed by atoms with van der Waals surface area (Å²) in [6.45, 7) is 5.59. The molecular weight excluding hydrogens is 519 g/mol. The van der Waals surface area contributed by atoms with E-state index in [0.29, 0.717) is 18.2 Å². The van der Waals surface area contributed by atoms with Crippen molar-refractivity contribution < 1.29 is 4.74 Å². The number of aliphatic imine (C=N–C) groups is 1. The monoisotopic (exact) mass is 548 g/mol. The summed E-state index contributed by atoms with van der Waals surface area (Å²) in [4.78, 5) is 11.3. The Bertz CT molecular complexity index is 831. The molecule has 166 valence electrons. The van der Waals surface area contributed by atoms with Crippen molar-refractivity contribution in [1.29, 1.82) is 0 Å². The number of nitrogens with one attached hydrogen (secondary N) is 2. The quantitative estimate of drug-likeness (QED) is 0.226. The summed E-state index contributed by atoms with van der Waals surface area (Å²) < 4.78 is 7.08. The van der Waals surface area contributed by atoms with Gasteiger partial charge in [-0.15, -0.1) is 34.2 Å². The summed E-state index contributed by atoms with van der Waals surface area (Å²) >= 11 is 6.30. The highest BCUT2D eigenvalue weighted by Crippen LogP contribution is 2.25. The Morgan fingerprint density at radius 2 is 2.23 bits per heavy atom.